The summed E-state index contributed by atoms with van der Waals surface area (Å²) >= 11 is 3.41. The Morgan fingerprint density at radius 1 is 0.760 bits per heavy atom. The van der Waals surface area contributed by atoms with Crippen LogP contribution in [0.5, 0.6) is 0 Å². The third-order valence-corrected chi connectivity index (χ3v) is 11.7. The number of benzene rings is 5. The highest BCUT2D eigenvalue weighted by Crippen LogP contribution is 2.44. The van der Waals surface area contributed by atoms with Crippen molar-refractivity contribution in [1.29, 1.82) is 0 Å². The van der Waals surface area contributed by atoms with E-state index in [0.717, 1.165) is 49.0 Å². The molecule has 4 atom stereocenters. The molecule has 0 radical (unpaired) electrons. The molecule has 0 spiro atoms. The van der Waals surface area contributed by atoms with Gasteiger partial charge in [0.15, 0.2) is 10.6 Å². The summed E-state index contributed by atoms with van der Waals surface area (Å²) in [5.74, 6) is 0.268. The molecular weight excluding hydrogens is 665 g/mol. The van der Waals surface area contributed by atoms with E-state index < -0.39 is 6.29 Å². The average Bonchev–Trinajstić information content (AvgIpc) is 3.69. The lowest BCUT2D eigenvalue weighted by Gasteiger charge is -2.41. The van der Waals surface area contributed by atoms with E-state index in [1.54, 1.807) is 47.4 Å². The molecule has 1 aromatic heterocycles. The van der Waals surface area contributed by atoms with Gasteiger partial charge in [-0.15, -0.1) is 11.3 Å². The molecule has 5 aromatic carbocycles. The highest BCUT2D eigenvalue weighted by molar-refractivity contribution is 8.01. The van der Waals surface area contributed by atoms with Crippen molar-refractivity contribution < 1.29 is 24.2 Å². The molecule has 1 saturated heterocycles. The number of carbonyl (C=O) groups excluding carboxylic acids is 2. The number of carbonyl (C=O) groups is 2. The second-order valence-corrected chi connectivity index (χ2v) is 14.9. The number of imide groups is 1. The van der Waals surface area contributed by atoms with Crippen LogP contribution in [0.15, 0.2) is 126 Å². The van der Waals surface area contributed by atoms with Gasteiger partial charge in [0.25, 0.3) is 11.8 Å². The largest absolute Gasteiger partial charge is 0.392 e. The third-order valence-electron chi connectivity index (χ3n) is 9.43. The number of nitrogens with zero attached hydrogens (tertiary/aromatic N) is 2. The van der Waals surface area contributed by atoms with Crippen LogP contribution in [0.1, 0.15) is 62.3 Å². The molecule has 250 valence electrons. The first kappa shape index (κ1) is 32.6. The molecule has 0 unspecified atom stereocenters. The maximum Gasteiger partial charge on any atom is 0.261 e. The van der Waals surface area contributed by atoms with Gasteiger partial charge in [0.1, 0.15) is 0 Å². The molecule has 50 heavy (non-hydrogen) atoms. The predicted molar refractivity (Wildman–Crippen MR) is 196 cm³/mol. The first-order valence-electron chi connectivity index (χ1n) is 16.6. The normalized spacial score (nSPS) is 20.4. The van der Waals surface area contributed by atoms with Gasteiger partial charge in [0.2, 0.25) is 0 Å². The number of aromatic nitrogens is 1. The summed E-state index contributed by atoms with van der Waals surface area (Å²) in [7, 11) is 0. The minimum absolute atomic E-state index is 0.00739. The number of hydrogen-bond donors (Lipinski definition) is 1. The second-order valence-electron chi connectivity index (χ2n) is 12.6. The molecule has 8 rings (SSSR count). The van der Waals surface area contributed by atoms with Gasteiger partial charge in [-0.1, -0.05) is 110 Å². The number of rotatable bonds is 9. The van der Waals surface area contributed by atoms with Crippen LogP contribution in [0.4, 0.5) is 0 Å². The zero-order valence-corrected chi connectivity index (χ0v) is 28.9. The molecular formula is C41H34N2O5S2. The molecule has 7 nitrogen and oxygen atoms in total. The van der Waals surface area contributed by atoms with Crippen LogP contribution < -0.4 is 0 Å². The smallest absolute Gasteiger partial charge is 0.261 e. The molecule has 6 aromatic rings. The summed E-state index contributed by atoms with van der Waals surface area (Å²) in [4.78, 5) is 32.0. The zero-order chi connectivity index (χ0) is 34.2. The van der Waals surface area contributed by atoms with Crippen LogP contribution in [0, 0.1) is 5.92 Å². The number of para-hydroxylation sites is 1. The quantitative estimate of drug-likeness (QED) is 0.119. The summed E-state index contributed by atoms with van der Waals surface area (Å²) in [6, 6.07) is 39.2. The third kappa shape index (κ3) is 6.39. The average molecular weight is 699 g/mol. The first-order valence-corrected chi connectivity index (χ1v) is 18.4. The molecule has 2 amide bonds. The number of hydrogen-bond acceptors (Lipinski definition) is 8. The molecule has 2 aliphatic heterocycles. The number of fused-ring (bicyclic) bond motifs is 2. The summed E-state index contributed by atoms with van der Waals surface area (Å²) in [6.07, 6.45) is -0.892. The fraction of sp³-hybridized carbons (Fsp3) is 0.195. The van der Waals surface area contributed by atoms with Gasteiger partial charge in [-0.25, -0.2) is 4.98 Å². The summed E-state index contributed by atoms with van der Waals surface area (Å²) in [6.45, 7) is 2.37. The van der Waals surface area contributed by atoms with Crippen LogP contribution in [0.25, 0.3) is 21.3 Å². The van der Waals surface area contributed by atoms with Crippen molar-refractivity contribution in [3.63, 3.8) is 0 Å². The standard InChI is InChI=1S/C41H34N2O5S2/c1-25-35(24-49-41-42-34-11-4-5-12-36(34)50-41)47-40(48-37(25)29-15-13-26(23-44)14-16-29)30-19-17-28(18-20-30)31-8-6-7-27(21-31)22-43-38(45)32-9-2-3-10-33(32)39(43)46/h2-21,25,35,37,40,44H,22-24H2,1H3/t25-,35+,37+,40+/m0/s1. The lowest BCUT2D eigenvalue weighted by atomic mass is 9.91. The lowest BCUT2D eigenvalue weighted by Crippen LogP contribution is -2.38. The van der Waals surface area contributed by atoms with Gasteiger partial charge in [-0.3, -0.25) is 14.5 Å². The molecule has 1 fully saturated rings. The van der Waals surface area contributed by atoms with Crippen molar-refractivity contribution in [3.8, 4) is 11.1 Å². The number of thiazole rings is 1. The molecule has 0 bridgehead atoms. The minimum atomic E-state index is -0.580. The zero-order valence-electron chi connectivity index (χ0n) is 27.3. The van der Waals surface area contributed by atoms with Crippen molar-refractivity contribution in [2.45, 2.75) is 42.9 Å². The Balaban J connectivity index is 1.01. The molecule has 0 aliphatic carbocycles. The van der Waals surface area contributed by atoms with E-state index in [-0.39, 0.29) is 43.1 Å². The maximum atomic E-state index is 13.0. The first-order chi connectivity index (χ1) is 24.4. The van der Waals surface area contributed by atoms with E-state index >= 15 is 0 Å². The lowest BCUT2D eigenvalue weighted by molar-refractivity contribution is -0.268. The Hall–Kier alpha value is -4.64. The van der Waals surface area contributed by atoms with E-state index in [2.05, 4.69) is 25.1 Å². The highest BCUT2D eigenvalue weighted by atomic mass is 32.2. The summed E-state index contributed by atoms with van der Waals surface area (Å²) in [5.41, 5.74) is 7.58. The summed E-state index contributed by atoms with van der Waals surface area (Å²) < 4.78 is 15.6. The Morgan fingerprint density at radius 3 is 2.18 bits per heavy atom. The van der Waals surface area contributed by atoms with Crippen molar-refractivity contribution in [2.24, 2.45) is 5.92 Å². The number of aliphatic hydroxyl groups excluding tert-OH is 1. The van der Waals surface area contributed by atoms with E-state index in [0.29, 0.717) is 11.1 Å². The van der Waals surface area contributed by atoms with E-state index in [9.17, 15) is 14.7 Å². The van der Waals surface area contributed by atoms with Gasteiger partial charge >= 0.3 is 0 Å². The Kier molecular flexibility index (Phi) is 9.07. The van der Waals surface area contributed by atoms with Crippen LogP contribution in [0.3, 0.4) is 0 Å². The van der Waals surface area contributed by atoms with Gasteiger partial charge in [0, 0.05) is 17.2 Å². The summed E-state index contributed by atoms with van der Waals surface area (Å²) in [5, 5.41) is 9.60. The fourth-order valence-electron chi connectivity index (χ4n) is 6.62. The molecule has 2 aliphatic rings. The van der Waals surface area contributed by atoms with Crippen LogP contribution >= 0.6 is 23.1 Å². The maximum absolute atomic E-state index is 13.0. The van der Waals surface area contributed by atoms with E-state index in [1.165, 1.54) is 9.60 Å². The van der Waals surface area contributed by atoms with Crippen LogP contribution in [0.2, 0.25) is 0 Å². The fourth-order valence-corrected chi connectivity index (χ4v) is 8.88. The number of ether oxygens (including phenoxy) is 2. The van der Waals surface area contributed by atoms with Crippen molar-refractivity contribution in [1.82, 2.24) is 9.88 Å². The number of aliphatic hydroxyl groups is 1. The molecule has 0 saturated carbocycles. The Morgan fingerprint density at radius 2 is 1.46 bits per heavy atom. The van der Waals surface area contributed by atoms with Gasteiger partial charge in [0.05, 0.1) is 46.7 Å². The van der Waals surface area contributed by atoms with Crippen molar-refractivity contribution in [2.75, 3.05) is 5.75 Å². The van der Waals surface area contributed by atoms with Crippen molar-refractivity contribution in [3.05, 3.63) is 155 Å². The van der Waals surface area contributed by atoms with Gasteiger partial charge < -0.3 is 14.6 Å². The predicted octanol–water partition coefficient (Wildman–Crippen LogP) is 8.84. The van der Waals surface area contributed by atoms with Gasteiger partial charge in [-0.2, -0.15) is 0 Å². The molecule has 9 heteroatoms. The van der Waals surface area contributed by atoms with E-state index in [4.69, 9.17) is 14.5 Å². The number of thioether (sulfide) groups is 1. The molecule has 3 heterocycles. The SMILES string of the molecule is C[C@H]1[C@@H](CSc2nc3ccccc3s2)O[C@@H](c2ccc(-c3cccc(CN4C(=O)c5ccccc5C4=O)c3)cc2)O[C@H]1c1ccc(CO)cc1. The topological polar surface area (TPSA) is 89.0 Å². The number of amides is 2. The van der Waals surface area contributed by atoms with E-state index in [1.807, 2.05) is 78.9 Å². The van der Waals surface area contributed by atoms with Crippen LogP contribution in [-0.4, -0.2) is 38.7 Å². The minimum Gasteiger partial charge on any atom is -0.392 e. The molecule has 1 N–H and O–H groups in total. The Labute approximate surface area is 298 Å². The monoisotopic (exact) mass is 698 g/mol. The highest BCUT2D eigenvalue weighted by Gasteiger charge is 2.39. The van der Waals surface area contributed by atoms with Crippen LogP contribution in [-0.2, 0) is 22.6 Å². The van der Waals surface area contributed by atoms with Gasteiger partial charge in [-0.05, 0) is 58.1 Å². The Bertz CT molecular complexity index is 2110. The van der Waals surface area contributed by atoms with Crippen molar-refractivity contribution >= 4 is 45.1 Å². The second kappa shape index (κ2) is 13.9.